The molecule has 0 aliphatic heterocycles. The molecule has 0 aliphatic carbocycles. The lowest BCUT2D eigenvalue weighted by molar-refractivity contribution is -0.130. The highest BCUT2D eigenvalue weighted by Crippen LogP contribution is 2.15. The van der Waals surface area contributed by atoms with E-state index in [4.69, 9.17) is 34.3 Å². The van der Waals surface area contributed by atoms with E-state index in [-0.39, 0.29) is 11.2 Å². The summed E-state index contributed by atoms with van der Waals surface area (Å²) in [5.41, 5.74) is 6.18. The third-order valence-electron chi connectivity index (χ3n) is 2.78. The summed E-state index contributed by atoms with van der Waals surface area (Å²) in [5, 5.41) is 2.53. The molecule has 1 atom stereocenters. The Kier molecular flexibility index (Phi) is 7.01. The first kappa shape index (κ1) is 18.1. The zero-order valence-corrected chi connectivity index (χ0v) is 13.8. The number of nitrogens with two attached hydrogens (primary N) is 1. The second kappa shape index (κ2) is 8.51. The van der Waals surface area contributed by atoms with Crippen molar-refractivity contribution in [2.45, 2.75) is 26.3 Å². The molecule has 0 aliphatic rings. The van der Waals surface area contributed by atoms with Crippen LogP contribution in [-0.2, 0) is 4.79 Å². The molecule has 0 heterocycles. The molecular formula is C15H17ClN2O3S. The van der Waals surface area contributed by atoms with Crippen LogP contribution in [0.2, 0.25) is 0 Å². The van der Waals surface area contributed by atoms with Crippen LogP contribution in [0.1, 0.15) is 30.6 Å². The minimum absolute atomic E-state index is 0.0225. The molecule has 0 spiro atoms. The monoisotopic (exact) mass is 340 g/mol. The minimum atomic E-state index is -0.562. The van der Waals surface area contributed by atoms with Gasteiger partial charge in [-0.2, -0.15) is 0 Å². The van der Waals surface area contributed by atoms with E-state index in [2.05, 4.69) is 5.32 Å². The maximum atomic E-state index is 11.9. The molecule has 1 aromatic carbocycles. The number of thiocarbonyl (C=S) groups is 1. The Balaban J connectivity index is 2.59. The van der Waals surface area contributed by atoms with E-state index in [1.807, 2.05) is 6.92 Å². The quantitative estimate of drug-likeness (QED) is 0.272. The lowest BCUT2D eigenvalue weighted by Gasteiger charge is -2.11. The smallest absolute Gasteiger partial charge is 0.338 e. The van der Waals surface area contributed by atoms with E-state index >= 15 is 0 Å². The predicted octanol–water partition coefficient (Wildman–Crippen LogP) is 2.53. The average Bonchev–Trinajstić information content (AvgIpc) is 2.44. The first-order valence-corrected chi connectivity index (χ1v) is 7.33. The highest BCUT2D eigenvalue weighted by atomic mass is 35.5. The van der Waals surface area contributed by atoms with Crippen LogP contribution < -0.4 is 15.8 Å². The fraction of sp³-hybridized carbons (Fsp3) is 0.267. The molecule has 0 fully saturated rings. The molecule has 0 aromatic heterocycles. The molecule has 118 valence electrons. The van der Waals surface area contributed by atoms with Crippen molar-refractivity contribution in [2.75, 3.05) is 0 Å². The topological polar surface area (TPSA) is 81.4 Å². The Morgan fingerprint density at radius 1 is 1.41 bits per heavy atom. The molecule has 0 radical (unpaired) electrons. The fourth-order valence-corrected chi connectivity index (χ4v) is 1.91. The van der Waals surface area contributed by atoms with Crippen LogP contribution >= 0.6 is 23.8 Å². The molecule has 5 nitrogen and oxygen atoms in total. The fourth-order valence-electron chi connectivity index (χ4n) is 1.58. The van der Waals surface area contributed by atoms with E-state index in [9.17, 15) is 9.59 Å². The van der Waals surface area contributed by atoms with E-state index in [0.717, 1.165) is 0 Å². The number of nitrogens with one attached hydrogen (secondary N) is 1. The molecule has 0 unspecified atom stereocenters. The van der Waals surface area contributed by atoms with Crippen LogP contribution in [0, 0.1) is 0 Å². The molecule has 0 saturated heterocycles. The highest BCUT2D eigenvalue weighted by molar-refractivity contribution is 7.80. The molecule has 1 aromatic rings. The SMILES string of the molecule is C/C(=C/C[C@H](C)NC(N)=S)C(=O)Oc1ccc(C(=O)Cl)cc1. The van der Waals surface area contributed by atoms with E-state index in [0.29, 0.717) is 23.3 Å². The van der Waals surface area contributed by atoms with Crippen LogP contribution in [-0.4, -0.2) is 22.4 Å². The summed E-state index contributed by atoms with van der Waals surface area (Å²) in [6.07, 6.45) is 2.33. The molecule has 0 bridgehead atoms. The average molecular weight is 341 g/mol. The zero-order chi connectivity index (χ0) is 16.7. The Hall–Kier alpha value is -1.92. The van der Waals surface area contributed by atoms with Crippen molar-refractivity contribution < 1.29 is 14.3 Å². The van der Waals surface area contributed by atoms with Gasteiger partial charge in [0.1, 0.15) is 5.75 Å². The lowest BCUT2D eigenvalue weighted by atomic mass is 10.1. The van der Waals surface area contributed by atoms with Crippen molar-refractivity contribution >= 4 is 40.1 Å². The van der Waals surface area contributed by atoms with E-state index < -0.39 is 11.2 Å². The zero-order valence-electron chi connectivity index (χ0n) is 12.3. The number of ether oxygens (including phenoxy) is 1. The maximum Gasteiger partial charge on any atom is 0.338 e. The molecule has 7 heteroatoms. The standard InChI is InChI=1S/C15H17ClN2O3S/c1-9(3-4-10(2)18-15(17)22)14(20)21-12-7-5-11(6-8-12)13(16)19/h3,5-8,10H,4H2,1-2H3,(H3,17,18,22)/b9-3-/t10-/m0/s1. The number of esters is 1. The van der Waals surface area contributed by atoms with E-state index in [1.165, 1.54) is 24.3 Å². The van der Waals surface area contributed by atoms with Crippen molar-refractivity contribution in [1.29, 1.82) is 0 Å². The van der Waals surface area contributed by atoms with Gasteiger partial charge in [0, 0.05) is 17.2 Å². The maximum absolute atomic E-state index is 11.9. The number of hydrogen-bond acceptors (Lipinski definition) is 4. The van der Waals surface area contributed by atoms with Crippen LogP contribution in [0.3, 0.4) is 0 Å². The van der Waals surface area contributed by atoms with Crippen molar-refractivity contribution in [3.63, 3.8) is 0 Å². The van der Waals surface area contributed by atoms with Gasteiger partial charge in [0.25, 0.3) is 5.24 Å². The Morgan fingerprint density at radius 3 is 2.50 bits per heavy atom. The van der Waals surface area contributed by atoms with Gasteiger partial charge in [-0.3, -0.25) is 4.79 Å². The Bertz CT molecular complexity index is 599. The number of hydrogen-bond donors (Lipinski definition) is 2. The van der Waals surface area contributed by atoms with Crippen molar-refractivity contribution in [2.24, 2.45) is 5.73 Å². The van der Waals surface area contributed by atoms with Crippen LogP contribution in [0.15, 0.2) is 35.9 Å². The van der Waals surface area contributed by atoms with Crippen LogP contribution in [0.25, 0.3) is 0 Å². The van der Waals surface area contributed by atoms with Gasteiger partial charge in [-0.1, -0.05) is 6.08 Å². The number of carbonyl (C=O) groups excluding carboxylic acids is 2. The van der Waals surface area contributed by atoms with Gasteiger partial charge in [0.15, 0.2) is 5.11 Å². The first-order valence-electron chi connectivity index (χ1n) is 6.54. The number of benzene rings is 1. The third-order valence-corrected chi connectivity index (χ3v) is 3.12. The third kappa shape index (κ3) is 6.24. The molecule has 1 rings (SSSR count). The molecule has 3 N–H and O–H groups in total. The van der Waals surface area contributed by atoms with Crippen LogP contribution in [0.5, 0.6) is 5.75 Å². The first-order chi connectivity index (χ1) is 10.3. The second-order valence-electron chi connectivity index (χ2n) is 4.72. The number of halogens is 1. The van der Waals surface area contributed by atoms with Gasteiger partial charge in [0.05, 0.1) is 0 Å². The minimum Gasteiger partial charge on any atom is -0.423 e. The summed E-state index contributed by atoms with van der Waals surface area (Å²) in [6, 6.07) is 6.03. The second-order valence-corrected chi connectivity index (χ2v) is 5.50. The summed E-state index contributed by atoms with van der Waals surface area (Å²) in [6.45, 7) is 3.56. The van der Waals surface area contributed by atoms with Crippen molar-refractivity contribution in [3.8, 4) is 5.75 Å². The molecule has 0 amide bonds. The molecule has 22 heavy (non-hydrogen) atoms. The van der Waals surface area contributed by atoms with Crippen molar-refractivity contribution in [3.05, 3.63) is 41.5 Å². The number of rotatable bonds is 6. The van der Waals surface area contributed by atoms with Crippen LogP contribution in [0.4, 0.5) is 0 Å². The van der Waals surface area contributed by atoms with Gasteiger partial charge in [-0.05, 0) is 68.4 Å². The van der Waals surface area contributed by atoms with Gasteiger partial charge >= 0.3 is 5.97 Å². The normalized spacial score (nSPS) is 12.4. The van der Waals surface area contributed by atoms with Gasteiger partial charge in [-0.25, -0.2) is 4.79 Å². The number of carbonyl (C=O) groups is 2. The molecular weight excluding hydrogens is 324 g/mol. The Morgan fingerprint density at radius 2 is 2.00 bits per heavy atom. The summed E-state index contributed by atoms with van der Waals surface area (Å²) in [5.74, 6) is -0.124. The summed E-state index contributed by atoms with van der Waals surface area (Å²) >= 11 is 10.1. The summed E-state index contributed by atoms with van der Waals surface area (Å²) in [4.78, 5) is 22.8. The Labute approximate surface area is 139 Å². The largest absolute Gasteiger partial charge is 0.423 e. The highest BCUT2D eigenvalue weighted by Gasteiger charge is 2.09. The van der Waals surface area contributed by atoms with E-state index in [1.54, 1.807) is 13.0 Å². The van der Waals surface area contributed by atoms with Gasteiger partial charge < -0.3 is 15.8 Å². The molecule has 0 saturated carbocycles. The van der Waals surface area contributed by atoms with Crippen molar-refractivity contribution in [1.82, 2.24) is 5.32 Å². The lowest BCUT2D eigenvalue weighted by Crippen LogP contribution is -2.36. The summed E-state index contributed by atoms with van der Waals surface area (Å²) in [7, 11) is 0. The predicted molar refractivity (Wildman–Crippen MR) is 90.0 cm³/mol. The van der Waals surface area contributed by atoms with Gasteiger partial charge in [0.2, 0.25) is 0 Å². The summed E-state index contributed by atoms with van der Waals surface area (Å²) < 4.78 is 5.19. The van der Waals surface area contributed by atoms with Gasteiger partial charge in [-0.15, -0.1) is 0 Å².